The molecule has 1 aliphatic rings. The number of aliphatic carboxylic acids is 1. The molecule has 0 aliphatic heterocycles. The summed E-state index contributed by atoms with van der Waals surface area (Å²) < 4.78 is 2.08. The molecule has 0 amide bonds. The maximum atomic E-state index is 10.6. The van der Waals surface area contributed by atoms with Crippen molar-refractivity contribution in [3.63, 3.8) is 0 Å². The number of carboxylic acid groups (broad SMARTS) is 1. The lowest BCUT2D eigenvalue weighted by molar-refractivity contribution is -0.136. The van der Waals surface area contributed by atoms with Crippen molar-refractivity contribution in [2.75, 3.05) is 5.75 Å². The van der Waals surface area contributed by atoms with Crippen LogP contribution in [0.1, 0.15) is 30.4 Å². The number of rotatable bonds is 4. The van der Waals surface area contributed by atoms with Crippen LogP contribution in [0.25, 0.3) is 11.0 Å². The maximum absolute atomic E-state index is 10.6. The van der Waals surface area contributed by atoms with Crippen molar-refractivity contribution in [1.82, 2.24) is 9.55 Å². The van der Waals surface area contributed by atoms with Gasteiger partial charge in [-0.25, -0.2) is 4.98 Å². The third-order valence-electron chi connectivity index (χ3n) is 3.85. The first-order chi connectivity index (χ1) is 9.65. The predicted molar refractivity (Wildman–Crippen MR) is 80.3 cm³/mol. The van der Waals surface area contributed by atoms with Gasteiger partial charge in [0.15, 0.2) is 5.16 Å². The van der Waals surface area contributed by atoms with Crippen LogP contribution in [0, 0.1) is 0 Å². The molecule has 0 spiro atoms. The molecule has 2 aromatic rings. The van der Waals surface area contributed by atoms with Crippen molar-refractivity contribution in [1.29, 1.82) is 0 Å². The van der Waals surface area contributed by atoms with E-state index in [2.05, 4.69) is 21.7 Å². The molecule has 106 valence electrons. The average Bonchev–Trinajstić information content (AvgIpc) is 2.73. The summed E-state index contributed by atoms with van der Waals surface area (Å²) in [6, 6.07) is 4.48. The Bertz CT molecular complexity index is 663. The number of hydrogen-bond acceptors (Lipinski definition) is 3. The number of thioether (sulfide) groups is 1. The Kier molecular flexibility index (Phi) is 3.70. The fraction of sp³-hybridized carbons (Fsp3) is 0.467. The number of aromatic nitrogens is 2. The van der Waals surface area contributed by atoms with Crippen molar-refractivity contribution in [2.24, 2.45) is 7.05 Å². The molecule has 0 radical (unpaired) electrons. The van der Waals surface area contributed by atoms with Gasteiger partial charge < -0.3 is 9.67 Å². The number of nitrogens with zero attached hydrogens (tertiary/aromatic N) is 2. The monoisotopic (exact) mass is 290 g/mol. The normalized spacial score (nSPS) is 14.4. The summed E-state index contributed by atoms with van der Waals surface area (Å²) in [6.45, 7) is 0. The standard InChI is InChI=1S/C15H18N2O2S/c1-17-13-9-11-5-3-2-4-10(11)8-12(13)16-15(17)20-7-6-14(18)19/h8-9H,2-7H2,1H3,(H,18,19). The summed E-state index contributed by atoms with van der Waals surface area (Å²) in [5, 5.41) is 9.61. The molecular formula is C15H18N2O2S. The zero-order valence-corrected chi connectivity index (χ0v) is 12.4. The van der Waals surface area contributed by atoms with E-state index >= 15 is 0 Å². The van der Waals surface area contributed by atoms with Gasteiger partial charge in [-0.1, -0.05) is 11.8 Å². The minimum absolute atomic E-state index is 0.171. The highest BCUT2D eigenvalue weighted by Gasteiger charge is 2.15. The molecule has 1 heterocycles. The second-order valence-electron chi connectivity index (χ2n) is 5.26. The summed E-state index contributed by atoms with van der Waals surface area (Å²) in [5.74, 6) is -0.196. The lowest BCUT2D eigenvalue weighted by Crippen LogP contribution is -2.02. The van der Waals surface area contributed by atoms with Gasteiger partial charge in [-0.3, -0.25) is 4.79 Å². The first kappa shape index (κ1) is 13.5. The van der Waals surface area contributed by atoms with Gasteiger partial charge in [0, 0.05) is 12.8 Å². The van der Waals surface area contributed by atoms with E-state index in [0.717, 1.165) is 29.0 Å². The SMILES string of the molecule is Cn1c(SCCC(=O)O)nc2cc3c(cc21)CCCC3. The fourth-order valence-electron chi connectivity index (χ4n) is 2.76. The zero-order chi connectivity index (χ0) is 14.1. The Morgan fingerprint density at radius 2 is 2.05 bits per heavy atom. The van der Waals surface area contributed by atoms with E-state index in [9.17, 15) is 4.79 Å². The van der Waals surface area contributed by atoms with Gasteiger partial charge in [0.05, 0.1) is 17.5 Å². The summed E-state index contributed by atoms with van der Waals surface area (Å²) in [4.78, 5) is 15.2. The molecule has 0 bridgehead atoms. The molecule has 3 rings (SSSR count). The Balaban J connectivity index is 1.91. The van der Waals surface area contributed by atoms with E-state index < -0.39 is 5.97 Å². The van der Waals surface area contributed by atoms with Gasteiger partial charge in [-0.05, 0) is 48.9 Å². The third kappa shape index (κ3) is 2.54. The Morgan fingerprint density at radius 1 is 1.35 bits per heavy atom. The van der Waals surface area contributed by atoms with Crippen LogP contribution >= 0.6 is 11.8 Å². The average molecular weight is 290 g/mol. The first-order valence-electron chi connectivity index (χ1n) is 6.98. The molecule has 0 saturated carbocycles. The highest BCUT2D eigenvalue weighted by Crippen LogP contribution is 2.29. The number of hydrogen-bond donors (Lipinski definition) is 1. The number of carboxylic acids is 1. The number of fused-ring (bicyclic) bond motifs is 2. The van der Waals surface area contributed by atoms with Gasteiger partial charge >= 0.3 is 5.97 Å². The molecule has 5 heteroatoms. The summed E-state index contributed by atoms with van der Waals surface area (Å²) >= 11 is 1.51. The second kappa shape index (κ2) is 5.48. The van der Waals surface area contributed by atoms with Crippen molar-refractivity contribution in [3.8, 4) is 0 Å². The zero-order valence-electron chi connectivity index (χ0n) is 11.6. The molecule has 1 aliphatic carbocycles. The highest BCUT2D eigenvalue weighted by molar-refractivity contribution is 7.99. The molecule has 0 unspecified atom stereocenters. The van der Waals surface area contributed by atoms with Crippen LogP contribution in [0.5, 0.6) is 0 Å². The van der Waals surface area contributed by atoms with Crippen molar-refractivity contribution < 1.29 is 9.90 Å². The van der Waals surface area contributed by atoms with Gasteiger partial charge in [-0.15, -0.1) is 0 Å². The van der Waals surface area contributed by atoms with Gasteiger partial charge in [-0.2, -0.15) is 0 Å². The smallest absolute Gasteiger partial charge is 0.304 e. The molecule has 4 nitrogen and oxygen atoms in total. The van der Waals surface area contributed by atoms with Crippen molar-refractivity contribution in [2.45, 2.75) is 37.3 Å². The van der Waals surface area contributed by atoms with E-state index in [1.54, 1.807) is 0 Å². The Morgan fingerprint density at radius 3 is 2.75 bits per heavy atom. The number of aryl methyl sites for hydroxylation is 3. The summed E-state index contributed by atoms with van der Waals surface area (Å²) in [7, 11) is 2.01. The lowest BCUT2D eigenvalue weighted by atomic mass is 9.91. The maximum Gasteiger partial charge on any atom is 0.304 e. The molecule has 0 atom stereocenters. The Labute approximate surface area is 122 Å². The van der Waals surface area contributed by atoms with Crippen LogP contribution in [0.15, 0.2) is 17.3 Å². The predicted octanol–water partition coefficient (Wildman–Crippen LogP) is 3.02. The van der Waals surface area contributed by atoms with Crippen LogP contribution in [0.4, 0.5) is 0 Å². The topological polar surface area (TPSA) is 55.1 Å². The summed E-state index contributed by atoms with van der Waals surface area (Å²) in [6.07, 6.45) is 5.04. The molecule has 1 N–H and O–H groups in total. The number of benzene rings is 1. The molecule has 0 saturated heterocycles. The van der Waals surface area contributed by atoms with E-state index in [0.29, 0.717) is 5.75 Å². The van der Waals surface area contributed by atoms with E-state index in [-0.39, 0.29) is 6.42 Å². The van der Waals surface area contributed by atoms with Crippen LogP contribution in [-0.2, 0) is 24.7 Å². The van der Waals surface area contributed by atoms with Crippen molar-refractivity contribution in [3.05, 3.63) is 23.3 Å². The molecule has 1 aromatic heterocycles. The molecule has 0 fully saturated rings. The van der Waals surface area contributed by atoms with E-state index in [4.69, 9.17) is 5.11 Å². The molecule has 20 heavy (non-hydrogen) atoms. The largest absolute Gasteiger partial charge is 0.481 e. The van der Waals surface area contributed by atoms with Crippen LogP contribution < -0.4 is 0 Å². The van der Waals surface area contributed by atoms with Crippen LogP contribution in [0.2, 0.25) is 0 Å². The van der Waals surface area contributed by atoms with E-state index in [1.165, 1.54) is 35.7 Å². The Hall–Kier alpha value is -1.49. The fourth-order valence-corrected chi connectivity index (χ4v) is 3.67. The molecular weight excluding hydrogens is 272 g/mol. The summed E-state index contributed by atoms with van der Waals surface area (Å²) in [5.41, 5.74) is 5.08. The third-order valence-corrected chi connectivity index (χ3v) is 4.88. The van der Waals surface area contributed by atoms with Crippen molar-refractivity contribution >= 4 is 28.8 Å². The number of carbonyl (C=O) groups is 1. The highest BCUT2D eigenvalue weighted by atomic mass is 32.2. The lowest BCUT2D eigenvalue weighted by Gasteiger charge is -2.15. The minimum atomic E-state index is -0.758. The second-order valence-corrected chi connectivity index (χ2v) is 6.32. The first-order valence-corrected chi connectivity index (χ1v) is 7.96. The number of imidazole rings is 1. The van der Waals surface area contributed by atoms with Gasteiger partial charge in [0.1, 0.15) is 0 Å². The van der Waals surface area contributed by atoms with Crippen LogP contribution in [0.3, 0.4) is 0 Å². The molecule has 1 aromatic carbocycles. The van der Waals surface area contributed by atoms with Crippen LogP contribution in [-0.4, -0.2) is 26.4 Å². The minimum Gasteiger partial charge on any atom is -0.481 e. The van der Waals surface area contributed by atoms with Gasteiger partial charge in [0.25, 0.3) is 0 Å². The van der Waals surface area contributed by atoms with Gasteiger partial charge in [0.2, 0.25) is 0 Å². The van der Waals surface area contributed by atoms with E-state index in [1.807, 2.05) is 7.05 Å². The quantitative estimate of drug-likeness (QED) is 0.879.